The molecule has 7 heteroatoms. The number of thiophene rings is 1. The average molecular weight is 410 g/mol. The number of aromatic nitrogens is 1. The van der Waals surface area contributed by atoms with Crippen LogP contribution in [0.1, 0.15) is 28.4 Å². The highest BCUT2D eigenvalue weighted by molar-refractivity contribution is 7.15. The summed E-state index contributed by atoms with van der Waals surface area (Å²) in [5.41, 5.74) is 3.62. The van der Waals surface area contributed by atoms with Crippen molar-refractivity contribution >= 4 is 28.2 Å². The van der Waals surface area contributed by atoms with Crippen molar-refractivity contribution in [3.8, 4) is 11.1 Å². The fourth-order valence-corrected chi connectivity index (χ4v) is 3.87. The van der Waals surface area contributed by atoms with Gasteiger partial charge in [0, 0.05) is 23.2 Å². The van der Waals surface area contributed by atoms with Crippen LogP contribution in [0.4, 0.5) is 5.00 Å². The van der Waals surface area contributed by atoms with Crippen LogP contribution in [0.2, 0.25) is 0 Å². The molecule has 0 radical (unpaired) electrons. The lowest BCUT2D eigenvalue weighted by molar-refractivity contribution is -0.116. The summed E-state index contributed by atoms with van der Waals surface area (Å²) in [6.45, 7) is 5.66. The number of rotatable bonds is 6. The van der Waals surface area contributed by atoms with Gasteiger partial charge in [0.1, 0.15) is 17.1 Å². The first kappa shape index (κ1) is 20.5. The molecule has 0 aliphatic carbocycles. The number of aryl methyl sites for hydroxylation is 2. The van der Waals surface area contributed by atoms with Crippen molar-refractivity contribution in [2.75, 3.05) is 11.9 Å². The van der Waals surface area contributed by atoms with Crippen LogP contribution in [0.5, 0.6) is 0 Å². The van der Waals surface area contributed by atoms with Gasteiger partial charge in [-0.3, -0.25) is 9.59 Å². The molecule has 1 N–H and O–H groups in total. The highest BCUT2D eigenvalue weighted by atomic mass is 32.1. The van der Waals surface area contributed by atoms with Gasteiger partial charge >= 0.3 is 5.97 Å². The topological polar surface area (TPSA) is 77.4 Å². The van der Waals surface area contributed by atoms with Crippen LogP contribution in [-0.2, 0) is 16.1 Å². The monoisotopic (exact) mass is 410 g/mol. The third-order valence-corrected chi connectivity index (χ3v) is 5.23. The standard InChI is InChI=1S/C22H22N2O4S/c1-4-28-22(27)20-17(16-8-5-14(2)6-9-16)13-29-21(20)23-18(25)12-24-11-15(3)7-10-19(24)26/h5-11,13H,4,12H2,1-3H3,(H,23,25). The minimum Gasteiger partial charge on any atom is -0.462 e. The fourth-order valence-electron chi connectivity index (χ4n) is 2.90. The highest BCUT2D eigenvalue weighted by Crippen LogP contribution is 2.36. The molecule has 2 aromatic heterocycles. The van der Waals surface area contributed by atoms with Gasteiger partial charge in [0.2, 0.25) is 5.91 Å². The molecule has 6 nitrogen and oxygen atoms in total. The van der Waals surface area contributed by atoms with Crippen molar-refractivity contribution < 1.29 is 14.3 Å². The maximum Gasteiger partial charge on any atom is 0.341 e. The molecule has 3 rings (SSSR count). The van der Waals surface area contributed by atoms with Crippen LogP contribution in [0.25, 0.3) is 11.1 Å². The van der Waals surface area contributed by atoms with Crippen LogP contribution < -0.4 is 10.9 Å². The number of pyridine rings is 1. The van der Waals surface area contributed by atoms with Crippen molar-refractivity contribution in [1.29, 1.82) is 0 Å². The lowest BCUT2D eigenvalue weighted by Crippen LogP contribution is -2.27. The number of benzene rings is 1. The first-order valence-corrected chi connectivity index (χ1v) is 10.1. The number of amides is 1. The van der Waals surface area contributed by atoms with E-state index in [-0.39, 0.29) is 24.6 Å². The largest absolute Gasteiger partial charge is 0.462 e. The van der Waals surface area contributed by atoms with Crippen LogP contribution in [0.3, 0.4) is 0 Å². The molecule has 0 unspecified atom stereocenters. The molecule has 0 aliphatic rings. The Morgan fingerprint density at radius 1 is 1.07 bits per heavy atom. The summed E-state index contributed by atoms with van der Waals surface area (Å²) in [4.78, 5) is 37.1. The Morgan fingerprint density at radius 2 is 1.76 bits per heavy atom. The summed E-state index contributed by atoms with van der Waals surface area (Å²) in [5.74, 6) is -0.882. The van der Waals surface area contributed by atoms with E-state index in [1.807, 2.05) is 43.5 Å². The van der Waals surface area contributed by atoms with Crippen molar-refractivity contribution in [3.05, 3.63) is 75.0 Å². The van der Waals surface area contributed by atoms with Crippen molar-refractivity contribution in [2.45, 2.75) is 27.3 Å². The summed E-state index contributed by atoms with van der Waals surface area (Å²) < 4.78 is 6.55. The average Bonchev–Trinajstić information content (AvgIpc) is 3.09. The first-order valence-electron chi connectivity index (χ1n) is 9.21. The fraction of sp³-hybridized carbons (Fsp3) is 0.227. The number of carbonyl (C=O) groups is 2. The van der Waals surface area contributed by atoms with E-state index < -0.39 is 5.97 Å². The van der Waals surface area contributed by atoms with E-state index in [0.29, 0.717) is 16.1 Å². The summed E-state index contributed by atoms with van der Waals surface area (Å²) >= 11 is 1.26. The van der Waals surface area contributed by atoms with Gasteiger partial charge in [-0.15, -0.1) is 11.3 Å². The second-order valence-electron chi connectivity index (χ2n) is 6.66. The highest BCUT2D eigenvalue weighted by Gasteiger charge is 2.23. The molecule has 1 aromatic carbocycles. The van der Waals surface area contributed by atoms with Crippen LogP contribution in [-0.4, -0.2) is 23.1 Å². The Hall–Kier alpha value is -3.19. The number of ether oxygens (including phenoxy) is 1. The third kappa shape index (κ3) is 4.81. The number of nitrogens with one attached hydrogen (secondary N) is 1. The zero-order valence-electron chi connectivity index (χ0n) is 16.5. The Kier molecular flexibility index (Phi) is 6.29. The number of esters is 1. The first-order chi connectivity index (χ1) is 13.9. The van der Waals surface area contributed by atoms with Gasteiger partial charge in [0.05, 0.1) is 6.61 Å². The summed E-state index contributed by atoms with van der Waals surface area (Å²) in [6, 6.07) is 10.9. The van der Waals surface area contributed by atoms with Gasteiger partial charge in [-0.25, -0.2) is 4.79 Å². The SMILES string of the molecule is CCOC(=O)c1c(-c2ccc(C)cc2)csc1NC(=O)Cn1cc(C)ccc1=O. The minimum absolute atomic E-state index is 0.138. The molecule has 29 heavy (non-hydrogen) atoms. The lowest BCUT2D eigenvalue weighted by Gasteiger charge is -2.10. The number of hydrogen-bond donors (Lipinski definition) is 1. The van der Waals surface area contributed by atoms with Crippen LogP contribution >= 0.6 is 11.3 Å². The molecule has 0 atom stereocenters. The third-order valence-electron chi connectivity index (χ3n) is 4.33. The summed E-state index contributed by atoms with van der Waals surface area (Å²) in [7, 11) is 0. The van der Waals surface area contributed by atoms with Gasteiger partial charge in [-0.2, -0.15) is 0 Å². The van der Waals surface area contributed by atoms with E-state index in [1.165, 1.54) is 22.0 Å². The Morgan fingerprint density at radius 3 is 2.45 bits per heavy atom. The second kappa shape index (κ2) is 8.87. The van der Waals surface area contributed by atoms with E-state index in [9.17, 15) is 14.4 Å². The van der Waals surface area contributed by atoms with Crippen molar-refractivity contribution in [1.82, 2.24) is 4.57 Å². The lowest BCUT2D eigenvalue weighted by atomic mass is 10.0. The Labute approximate surface area is 172 Å². The van der Waals surface area contributed by atoms with Gasteiger partial charge in [0.15, 0.2) is 0 Å². The molecule has 0 fully saturated rings. The summed E-state index contributed by atoms with van der Waals surface area (Å²) in [6.07, 6.45) is 1.63. The van der Waals surface area contributed by atoms with Gasteiger partial charge in [-0.1, -0.05) is 35.9 Å². The number of anilines is 1. The Balaban J connectivity index is 1.91. The normalized spacial score (nSPS) is 10.6. The van der Waals surface area contributed by atoms with Crippen molar-refractivity contribution in [2.24, 2.45) is 0 Å². The van der Waals surface area contributed by atoms with Crippen LogP contribution in [0, 0.1) is 13.8 Å². The minimum atomic E-state index is -0.493. The maximum atomic E-state index is 12.6. The van der Waals surface area contributed by atoms with Gasteiger partial charge < -0.3 is 14.6 Å². The smallest absolute Gasteiger partial charge is 0.341 e. The number of hydrogen-bond acceptors (Lipinski definition) is 5. The molecule has 3 aromatic rings. The van der Waals surface area contributed by atoms with E-state index >= 15 is 0 Å². The van der Waals surface area contributed by atoms with Crippen LogP contribution in [0.15, 0.2) is 52.8 Å². The molecule has 0 saturated carbocycles. The van der Waals surface area contributed by atoms with Gasteiger partial charge in [-0.05, 0) is 31.9 Å². The quantitative estimate of drug-likeness (QED) is 0.623. The van der Waals surface area contributed by atoms with E-state index in [2.05, 4.69) is 5.32 Å². The van der Waals surface area contributed by atoms with E-state index in [0.717, 1.165) is 16.7 Å². The Bertz CT molecular complexity index is 1100. The van der Waals surface area contributed by atoms with Crippen molar-refractivity contribution in [3.63, 3.8) is 0 Å². The molecule has 0 aliphatic heterocycles. The zero-order valence-corrected chi connectivity index (χ0v) is 17.3. The number of carbonyl (C=O) groups excluding carboxylic acids is 2. The van der Waals surface area contributed by atoms with E-state index in [1.54, 1.807) is 19.2 Å². The molecular weight excluding hydrogens is 388 g/mol. The molecule has 1 amide bonds. The molecular formula is C22H22N2O4S. The predicted octanol–water partition coefficient (Wildman–Crippen LogP) is 4.01. The second-order valence-corrected chi connectivity index (χ2v) is 7.54. The molecule has 2 heterocycles. The molecule has 0 saturated heterocycles. The van der Waals surface area contributed by atoms with E-state index in [4.69, 9.17) is 4.74 Å². The molecule has 150 valence electrons. The zero-order chi connectivity index (χ0) is 21.0. The maximum absolute atomic E-state index is 12.6. The molecule has 0 spiro atoms. The number of nitrogens with zero attached hydrogens (tertiary/aromatic N) is 1. The van der Waals surface area contributed by atoms with Gasteiger partial charge in [0.25, 0.3) is 5.56 Å². The summed E-state index contributed by atoms with van der Waals surface area (Å²) in [5, 5.41) is 5.00. The molecule has 0 bridgehead atoms. The predicted molar refractivity (Wildman–Crippen MR) is 115 cm³/mol.